The average Bonchev–Trinajstić information content (AvgIpc) is 2.30. The summed E-state index contributed by atoms with van der Waals surface area (Å²) < 4.78 is 39.7. The van der Waals surface area contributed by atoms with Crippen LogP contribution >= 0.6 is 11.6 Å². The zero-order valence-corrected chi connectivity index (χ0v) is 12.2. The van der Waals surface area contributed by atoms with E-state index >= 15 is 0 Å². The van der Waals surface area contributed by atoms with Crippen molar-refractivity contribution in [3.05, 3.63) is 28.5 Å². The van der Waals surface area contributed by atoms with Crippen LogP contribution in [0, 0.1) is 5.82 Å². The van der Waals surface area contributed by atoms with Crippen molar-refractivity contribution in [3.63, 3.8) is 0 Å². The number of aromatic carboxylic acids is 1. The molecule has 0 aliphatic carbocycles. The van der Waals surface area contributed by atoms with E-state index < -0.39 is 49.4 Å². The highest BCUT2D eigenvalue weighted by atomic mass is 35.5. The highest BCUT2D eigenvalue weighted by Gasteiger charge is 2.28. The number of aliphatic hydroxyl groups is 1. The van der Waals surface area contributed by atoms with Gasteiger partial charge in [-0.2, -0.15) is 0 Å². The van der Waals surface area contributed by atoms with Crippen LogP contribution in [0.1, 0.15) is 24.2 Å². The molecule has 6 nitrogen and oxygen atoms in total. The van der Waals surface area contributed by atoms with Crippen LogP contribution in [0.5, 0.6) is 0 Å². The fourth-order valence-electron chi connectivity index (χ4n) is 1.33. The third-order valence-corrected chi connectivity index (χ3v) is 4.41. The fraction of sp³-hybridized carbons (Fsp3) is 0.364. The molecular weight excluding hydrogens is 313 g/mol. The highest BCUT2D eigenvalue weighted by Crippen LogP contribution is 2.25. The zero-order chi connectivity index (χ0) is 15.7. The molecule has 0 aliphatic heterocycles. The molecule has 112 valence electrons. The number of aliphatic hydroxyl groups excluding tert-OH is 1. The summed E-state index contributed by atoms with van der Waals surface area (Å²) in [6, 6.07) is 1.37. The first kappa shape index (κ1) is 16.8. The quantitative estimate of drug-likeness (QED) is 0.755. The Morgan fingerprint density at radius 3 is 2.45 bits per heavy atom. The molecule has 0 fully saturated rings. The summed E-state index contributed by atoms with van der Waals surface area (Å²) in [5, 5.41) is 17.2. The van der Waals surface area contributed by atoms with Crippen molar-refractivity contribution in [2.75, 3.05) is 6.61 Å². The first-order chi connectivity index (χ1) is 9.00. The summed E-state index contributed by atoms with van der Waals surface area (Å²) in [6.45, 7) is 2.33. The van der Waals surface area contributed by atoms with Gasteiger partial charge in [-0.25, -0.2) is 22.3 Å². The number of hydrogen-bond acceptors (Lipinski definition) is 4. The van der Waals surface area contributed by atoms with Crippen molar-refractivity contribution in [1.29, 1.82) is 0 Å². The van der Waals surface area contributed by atoms with Crippen LogP contribution in [0.15, 0.2) is 17.0 Å². The van der Waals surface area contributed by atoms with Crippen LogP contribution in [0.3, 0.4) is 0 Å². The molecule has 9 heteroatoms. The van der Waals surface area contributed by atoms with Crippen LogP contribution < -0.4 is 4.72 Å². The van der Waals surface area contributed by atoms with Crippen molar-refractivity contribution < 1.29 is 27.8 Å². The van der Waals surface area contributed by atoms with E-state index in [4.69, 9.17) is 21.8 Å². The minimum atomic E-state index is -4.20. The lowest BCUT2D eigenvalue weighted by Crippen LogP contribution is -2.46. The second-order valence-corrected chi connectivity index (χ2v) is 6.78. The summed E-state index contributed by atoms with van der Waals surface area (Å²) in [4.78, 5) is 10.3. The van der Waals surface area contributed by atoms with E-state index in [1.165, 1.54) is 13.8 Å². The van der Waals surface area contributed by atoms with E-state index in [2.05, 4.69) is 4.72 Å². The van der Waals surface area contributed by atoms with Crippen molar-refractivity contribution in [2.24, 2.45) is 0 Å². The Labute approximate surface area is 120 Å². The molecule has 20 heavy (non-hydrogen) atoms. The van der Waals surface area contributed by atoms with Crippen LogP contribution in [-0.2, 0) is 10.0 Å². The largest absolute Gasteiger partial charge is 0.478 e. The normalized spacial score (nSPS) is 12.4. The van der Waals surface area contributed by atoms with Gasteiger partial charge in [0.25, 0.3) is 0 Å². The minimum absolute atomic E-state index is 0.492. The first-order valence-electron chi connectivity index (χ1n) is 5.37. The fourth-order valence-corrected chi connectivity index (χ4v) is 2.96. The molecular formula is C11H13ClFNO5S. The van der Waals surface area contributed by atoms with Gasteiger partial charge in [0.1, 0.15) is 5.82 Å². The standard InChI is InChI=1S/C11H13ClFNO5S/c1-11(2,5-15)14-20(18,19)6-3-7(10(16)17)9(12)8(13)4-6/h3-4,14-15H,5H2,1-2H3,(H,16,17). The maximum Gasteiger partial charge on any atom is 0.337 e. The molecule has 3 N–H and O–H groups in total. The molecule has 0 aliphatic rings. The molecule has 0 spiro atoms. The Hall–Kier alpha value is -1.22. The number of hydrogen-bond donors (Lipinski definition) is 3. The monoisotopic (exact) mass is 325 g/mol. The molecule has 0 radical (unpaired) electrons. The number of rotatable bonds is 5. The van der Waals surface area contributed by atoms with E-state index in [9.17, 15) is 17.6 Å². The molecule has 1 aromatic carbocycles. The van der Waals surface area contributed by atoms with E-state index in [0.717, 1.165) is 6.07 Å². The molecule has 0 saturated carbocycles. The smallest absolute Gasteiger partial charge is 0.337 e. The molecule has 0 heterocycles. The summed E-state index contributed by atoms with van der Waals surface area (Å²) >= 11 is 5.46. The number of halogens is 2. The third-order valence-electron chi connectivity index (χ3n) is 2.35. The van der Waals surface area contributed by atoms with Gasteiger partial charge in [-0.1, -0.05) is 11.6 Å². The van der Waals surface area contributed by atoms with Gasteiger partial charge < -0.3 is 10.2 Å². The van der Waals surface area contributed by atoms with Gasteiger partial charge in [0.2, 0.25) is 10.0 Å². The molecule has 1 aromatic rings. The summed E-state index contributed by atoms with van der Waals surface area (Å²) in [5.74, 6) is -2.71. The van der Waals surface area contributed by atoms with Crippen molar-refractivity contribution in [2.45, 2.75) is 24.3 Å². The SMILES string of the molecule is CC(C)(CO)NS(=O)(=O)c1cc(F)c(Cl)c(C(=O)O)c1. The van der Waals surface area contributed by atoms with Crippen LogP contribution in [-0.4, -0.2) is 36.7 Å². The Morgan fingerprint density at radius 1 is 1.45 bits per heavy atom. The number of nitrogens with one attached hydrogen (secondary N) is 1. The zero-order valence-electron chi connectivity index (χ0n) is 10.6. The van der Waals surface area contributed by atoms with Gasteiger partial charge >= 0.3 is 5.97 Å². The van der Waals surface area contributed by atoms with E-state index in [0.29, 0.717) is 6.07 Å². The highest BCUT2D eigenvalue weighted by molar-refractivity contribution is 7.89. The Bertz CT molecular complexity index is 644. The Morgan fingerprint density at radius 2 is 2.00 bits per heavy atom. The van der Waals surface area contributed by atoms with Gasteiger partial charge in [0.05, 0.1) is 27.6 Å². The number of sulfonamides is 1. The number of benzene rings is 1. The van der Waals surface area contributed by atoms with Crippen LogP contribution in [0.2, 0.25) is 5.02 Å². The second-order valence-electron chi connectivity index (χ2n) is 4.72. The second kappa shape index (κ2) is 5.65. The van der Waals surface area contributed by atoms with Gasteiger partial charge in [-0.05, 0) is 26.0 Å². The topological polar surface area (TPSA) is 104 Å². The summed E-state index contributed by atoms with van der Waals surface area (Å²) in [7, 11) is -4.20. The number of carboxylic acid groups (broad SMARTS) is 1. The lowest BCUT2D eigenvalue weighted by molar-refractivity contribution is 0.0696. The molecule has 0 unspecified atom stereocenters. The van der Waals surface area contributed by atoms with Gasteiger partial charge in [0.15, 0.2) is 0 Å². The molecule has 0 aromatic heterocycles. The van der Waals surface area contributed by atoms with Crippen molar-refractivity contribution in [3.8, 4) is 0 Å². The molecule has 0 atom stereocenters. The molecule has 0 saturated heterocycles. The van der Waals surface area contributed by atoms with Crippen molar-refractivity contribution >= 4 is 27.6 Å². The minimum Gasteiger partial charge on any atom is -0.478 e. The molecule has 1 rings (SSSR count). The van der Waals surface area contributed by atoms with E-state index in [1.54, 1.807) is 0 Å². The predicted molar refractivity (Wildman–Crippen MR) is 69.9 cm³/mol. The van der Waals surface area contributed by atoms with Crippen LogP contribution in [0.4, 0.5) is 4.39 Å². The molecule has 0 amide bonds. The summed E-state index contributed by atoms with van der Waals surface area (Å²) in [6.07, 6.45) is 0. The number of carbonyl (C=O) groups is 1. The first-order valence-corrected chi connectivity index (χ1v) is 7.23. The summed E-state index contributed by atoms with van der Waals surface area (Å²) in [5.41, 5.74) is -1.84. The third kappa shape index (κ3) is 3.66. The Balaban J connectivity index is 3.37. The maximum absolute atomic E-state index is 13.5. The van der Waals surface area contributed by atoms with Gasteiger partial charge in [0, 0.05) is 0 Å². The van der Waals surface area contributed by atoms with E-state index in [1.807, 2.05) is 0 Å². The van der Waals surface area contributed by atoms with Crippen LogP contribution in [0.25, 0.3) is 0 Å². The van der Waals surface area contributed by atoms with Gasteiger partial charge in [-0.15, -0.1) is 0 Å². The van der Waals surface area contributed by atoms with Gasteiger partial charge in [-0.3, -0.25) is 0 Å². The predicted octanol–water partition coefficient (Wildman–Crippen LogP) is 1.23. The maximum atomic E-state index is 13.5. The lowest BCUT2D eigenvalue weighted by Gasteiger charge is -2.23. The average molecular weight is 326 g/mol. The Kier molecular flexibility index (Phi) is 4.75. The van der Waals surface area contributed by atoms with E-state index in [-0.39, 0.29) is 0 Å². The van der Waals surface area contributed by atoms with Crippen molar-refractivity contribution in [1.82, 2.24) is 4.72 Å². The lowest BCUT2D eigenvalue weighted by atomic mass is 10.1. The number of carboxylic acids is 1. The molecule has 0 bridgehead atoms.